The lowest BCUT2D eigenvalue weighted by atomic mass is 10.0. The van der Waals surface area contributed by atoms with E-state index in [9.17, 15) is 9.59 Å². The number of esters is 2. The van der Waals surface area contributed by atoms with E-state index < -0.39 is 11.9 Å². The molecule has 0 unspecified atom stereocenters. The predicted molar refractivity (Wildman–Crippen MR) is 104 cm³/mol. The van der Waals surface area contributed by atoms with Crippen LogP contribution in [0.5, 0.6) is 0 Å². The highest BCUT2D eigenvalue weighted by Gasteiger charge is 2.30. The van der Waals surface area contributed by atoms with Crippen LogP contribution in [0.25, 0.3) is 11.4 Å². The first-order valence-corrected chi connectivity index (χ1v) is 8.95. The first kappa shape index (κ1) is 20.7. The molecule has 12 heteroatoms. The summed E-state index contributed by atoms with van der Waals surface area (Å²) in [5, 5.41) is -0.138. The van der Waals surface area contributed by atoms with Crippen molar-refractivity contribution in [2.24, 2.45) is 0 Å². The van der Waals surface area contributed by atoms with Crippen molar-refractivity contribution in [3.05, 3.63) is 30.4 Å². The first-order valence-electron chi connectivity index (χ1n) is 6.61. The van der Waals surface area contributed by atoms with Crippen LogP contribution in [0.2, 0.25) is 10.3 Å². The molecule has 0 aliphatic heterocycles. The van der Waals surface area contributed by atoms with E-state index in [0.29, 0.717) is 0 Å². The van der Waals surface area contributed by atoms with Crippen LogP contribution in [-0.4, -0.2) is 36.1 Å². The Labute approximate surface area is 174 Å². The highest BCUT2D eigenvalue weighted by Crippen LogP contribution is 2.40. The quantitative estimate of drug-likeness (QED) is 0.455. The van der Waals surface area contributed by atoms with Gasteiger partial charge in [-0.3, -0.25) is 0 Å². The summed E-state index contributed by atoms with van der Waals surface area (Å²) in [4.78, 5) is 32.7. The lowest BCUT2D eigenvalue weighted by molar-refractivity contribution is 0.0590. The molecule has 0 aliphatic rings. The van der Waals surface area contributed by atoms with E-state index in [0.717, 1.165) is 14.2 Å². The van der Waals surface area contributed by atoms with Gasteiger partial charge in [0.2, 0.25) is 0 Å². The molecule has 2 aromatic rings. The summed E-state index contributed by atoms with van der Waals surface area (Å²) in [6.45, 7) is 0. The maximum absolute atomic E-state index is 12.3. The summed E-state index contributed by atoms with van der Waals surface area (Å²) in [6.07, 6.45) is 0. The summed E-state index contributed by atoms with van der Waals surface area (Å²) >= 11 is 18.4. The number of nitrogens with two attached hydrogens (primary N) is 2. The summed E-state index contributed by atoms with van der Waals surface area (Å²) < 4.78 is 9.85. The molecule has 0 radical (unpaired) electrons. The van der Waals surface area contributed by atoms with E-state index in [1.54, 1.807) is 0 Å². The van der Waals surface area contributed by atoms with Gasteiger partial charge in [-0.2, -0.15) is 0 Å². The first-order chi connectivity index (χ1) is 12.1. The second-order valence-electron chi connectivity index (χ2n) is 4.69. The van der Waals surface area contributed by atoms with Crippen molar-refractivity contribution in [1.29, 1.82) is 0 Å². The van der Waals surface area contributed by atoms with Gasteiger partial charge in [-0.05, 0) is 31.9 Å². The number of ether oxygens (including phenoxy) is 2. The molecule has 0 aromatic carbocycles. The Kier molecular flexibility index (Phi) is 6.33. The van der Waals surface area contributed by atoms with Crippen LogP contribution in [0.1, 0.15) is 20.7 Å². The van der Waals surface area contributed by atoms with Gasteiger partial charge in [0.05, 0.1) is 34.5 Å². The number of aromatic nitrogens is 2. The third kappa shape index (κ3) is 3.46. The van der Waals surface area contributed by atoms with Crippen molar-refractivity contribution >= 4 is 78.4 Å². The van der Waals surface area contributed by atoms with Gasteiger partial charge in [-0.1, -0.05) is 23.2 Å². The highest BCUT2D eigenvalue weighted by atomic mass is 79.9. The molecule has 0 saturated heterocycles. The van der Waals surface area contributed by atoms with Gasteiger partial charge in [0.1, 0.15) is 32.8 Å². The molecule has 0 amide bonds. The number of methoxy groups -OCH3 is 2. The van der Waals surface area contributed by atoms with E-state index >= 15 is 0 Å². The summed E-state index contributed by atoms with van der Waals surface area (Å²) in [5.74, 6) is -1.64. The Bertz CT molecular complexity index is 865. The van der Waals surface area contributed by atoms with E-state index in [1.807, 2.05) is 0 Å². The second-order valence-corrected chi connectivity index (χ2v) is 6.99. The number of nitrogen functional groups attached to an aromatic ring is 2. The van der Waals surface area contributed by atoms with Crippen molar-refractivity contribution < 1.29 is 19.1 Å². The summed E-state index contributed by atoms with van der Waals surface area (Å²) in [6, 6.07) is 0. The molecule has 0 aliphatic carbocycles. The smallest absolute Gasteiger partial charge is 0.342 e. The number of pyridine rings is 2. The number of nitrogens with zero attached hydrogens (tertiary/aromatic N) is 2. The molecule has 2 heterocycles. The zero-order valence-corrected chi connectivity index (χ0v) is 17.9. The van der Waals surface area contributed by atoms with Crippen LogP contribution < -0.4 is 11.5 Å². The summed E-state index contributed by atoms with van der Waals surface area (Å²) in [5.41, 5.74) is 11.2. The minimum Gasteiger partial charge on any atom is -0.465 e. The van der Waals surface area contributed by atoms with E-state index in [4.69, 9.17) is 44.1 Å². The zero-order chi connectivity index (χ0) is 19.8. The van der Waals surface area contributed by atoms with Crippen LogP contribution in [0.15, 0.2) is 8.95 Å². The van der Waals surface area contributed by atoms with Crippen molar-refractivity contribution in [2.45, 2.75) is 0 Å². The van der Waals surface area contributed by atoms with Crippen molar-refractivity contribution in [3.8, 4) is 11.4 Å². The number of hydrogen-bond donors (Lipinski definition) is 2. The standard InChI is InChI=1S/C14H10Br2Cl2N4O4/c1-25-13(23)3-7(19)5(15)11(17)21-9(3)10-4(14(24)26-2)8(20)6(16)12(18)22-10/h1-2H3,(H2,19,21)(H2,20,22). The molecule has 0 fully saturated rings. The van der Waals surface area contributed by atoms with Crippen LogP contribution in [0.4, 0.5) is 11.4 Å². The van der Waals surface area contributed by atoms with Crippen LogP contribution in [0.3, 0.4) is 0 Å². The Hall–Kier alpha value is -1.62. The third-order valence-corrected chi connectivity index (χ3v) is 5.88. The Balaban J connectivity index is 3.01. The molecule has 0 spiro atoms. The molecule has 138 valence electrons. The monoisotopic (exact) mass is 526 g/mol. The second kappa shape index (κ2) is 7.95. The van der Waals surface area contributed by atoms with Crippen molar-refractivity contribution in [2.75, 3.05) is 25.7 Å². The molecular weight excluding hydrogens is 519 g/mol. The maximum Gasteiger partial charge on any atom is 0.342 e. The Morgan fingerprint density at radius 2 is 1.15 bits per heavy atom. The molecule has 2 aromatic heterocycles. The van der Waals surface area contributed by atoms with E-state index in [-0.39, 0.29) is 53.1 Å². The minimum atomic E-state index is -0.822. The van der Waals surface area contributed by atoms with Crippen LogP contribution >= 0.6 is 55.1 Å². The lowest BCUT2D eigenvalue weighted by Crippen LogP contribution is -2.15. The summed E-state index contributed by atoms with van der Waals surface area (Å²) in [7, 11) is 2.32. The molecular formula is C14H10Br2Cl2N4O4. The van der Waals surface area contributed by atoms with Gasteiger partial charge in [0.15, 0.2) is 0 Å². The molecule has 26 heavy (non-hydrogen) atoms. The fourth-order valence-corrected chi connectivity index (χ4v) is 3.01. The van der Waals surface area contributed by atoms with Gasteiger partial charge in [0.25, 0.3) is 0 Å². The predicted octanol–water partition coefficient (Wildman–Crippen LogP) is 3.71. The molecule has 4 N–H and O–H groups in total. The van der Waals surface area contributed by atoms with Crippen LogP contribution in [0, 0.1) is 0 Å². The largest absolute Gasteiger partial charge is 0.465 e. The topological polar surface area (TPSA) is 130 Å². The zero-order valence-electron chi connectivity index (χ0n) is 13.2. The van der Waals surface area contributed by atoms with Gasteiger partial charge in [-0.25, -0.2) is 19.6 Å². The minimum absolute atomic E-state index is 0.0536. The normalized spacial score (nSPS) is 10.5. The number of carbonyl (C=O) groups is 2. The van der Waals surface area contributed by atoms with E-state index in [2.05, 4.69) is 41.8 Å². The molecule has 2 rings (SSSR count). The number of rotatable bonds is 3. The van der Waals surface area contributed by atoms with Crippen molar-refractivity contribution in [3.63, 3.8) is 0 Å². The average molecular weight is 529 g/mol. The lowest BCUT2D eigenvalue weighted by Gasteiger charge is -2.16. The van der Waals surface area contributed by atoms with E-state index in [1.165, 1.54) is 0 Å². The molecule has 0 atom stereocenters. The fourth-order valence-electron chi connectivity index (χ4n) is 2.06. The Morgan fingerprint density at radius 3 is 1.42 bits per heavy atom. The average Bonchev–Trinajstić information content (AvgIpc) is 2.62. The molecule has 0 saturated carbocycles. The number of anilines is 2. The maximum atomic E-state index is 12.3. The Morgan fingerprint density at radius 1 is 0.846 bits per heavy atom. The van der Waals surface area contributed by atoms with Gasteiger partial charge >= 0.3 is 11.9 Å². The number of hydrogen-bond acceptors (Lipinski definition) is 8. The van der Waals surface area contributed by atoms with Gasteiger partial charge < -0.3 is 20.9 Å². The number of halogens is 4. The number of carbonyl (C=O) groups excluding carboxylic acids is 2. The molecule has 8 nitrogen and oxygen atoms in total. The van der Waals surface area contributed by atoms with Crippen LogP contribution in [-0.2, 0) is 9.47 Å². The third-order valence-electron chi connectivity index (χ3n) is 3.27. The van der Waals surface area contributed by atoms with Gasteiger partial charge in [-0.15, -0.1) is 0 Å². The SMILES string of the molecule is COC(=O)c1c(-c2nc(Cl)c(Br)c(N)c2C(=O)OC)nc(Cl)c(Br)c1N. The van der Waals surface area contributed by atoms with Gasteiger partial charge in [0, 0.05) is 0 Å². The molecule has 0 bridgehead atoms. The van der Waals surface area contributed by atoms with Crippen molar-refractivity contribution in [1.82, 2.24) is 9.97 Å². The fraction of sp³-hybridized carbons (Fsp3) is 0.143. The highest BCUT2D eigenvalue weighted by molar-refractivity contribution is 9.11.